The van der Waals surface area contributed by atoms with Crippen LogP contribution in [0.2, 0.25) is 0 Å². The Morgan fingerprint density at radius 3 is 2.77 bits per heavy atom. The van der Waals surface area contributed by atoms with Crippen molar-refractivity contribution in [2.24, 2.45) is 5.16 Å². The molecular weight excluding hydrogens is 408 g/mol. The predicted octanol–water partition coefficient (Wildman–Crippen LogP) is 4.36. The molecule has 31 heavy (non-hydrogen) atoms. The Bertz CT molecular complexity index is 1300. The number of rotatable bonds is 4. The van der Waals surface area contributed by atoms with E-state index in [0.717, 1.165) is 27.8 Å². The third-order valence-electron chi connectivity index (χ3n) is 5.56. The molecule has 0 atom stereocenters. The highest BCUT2D eigenvalue weighted by atomic mass is 32.1. The molecule has 1 aliphatic heterocycles. The Hall–Kier alpha value is -2.84. The molecule has 1 N–H and O–H groups in total. The van der Waals surface area contributed by atoms with Gasteiger partial charge in [-0.3, -0.25) is 0 Å². The summed E-state index contributed by atoms with van der Waals surface area (Å²) in [5, 5.41) is 13.5. The second-order valence-electron chi connectivity index (χ2n) is 9.36. The van der Waals surface area contributed by atoms with Crippen LogP contribution in [0.5, 0.6) is 0 Å². The van der Waals surface area contributed by atoms with Gasteiger partial charge in [0, 0.05) is 16.0 Å². The lowest BCUT2D eigenvalue weighted by atomic mass is 9.82. The molecule has 0 unspecified atom stereocenters. The van der Waals surface area contributed by atoms with E-state index in [1.54, 1.807) is 28.4 Å². The van der Waals surface area contributed by atoms with E-state index >= 15 is 0 Å². The molecule has 0 saturated carbocycles. The highest BCUT2D eigenvalue weighted by Gasteiger charge is 2.39. The van der Waals surface area contributed by atoms with Crippen LogP contribution in [0.15, 0.2) is 35.7 Å². The summed E-state index contributed by atoms with van der Waals surface area (Å²) in [7, 11) is 0. The Labute approximate surface area is 185 Å². The molecule has 0 spiro atoms. The maximum Gasteiger partial charge on any atom is 0.192 e. The van der Waals surface area contributed by atoms with Crippen molar-refractivity contribution in [1.82, 2.24) is 24.9 Å². The number of oxime groups is 1. The van der Waals surface area contributed by atoms with Crippen molar-refractivity contribution in [3.8, 4) is 0 Å². The Morgan fingerprint density at radius 2 is 2.00 bits per heavy atom. The third-order valence-corrected chi connectivity index (χ3v) is 7.02. The maximum atomic E-state index is 5.46. The van der Waals surface area contributed by atoms with Gasteiger partial charge in [0.2, 0.25) is 0 Å². The van der Waals surface area contributed by atoms with Crippen LogP contribution in [-0.2, 0) is 23.4 Å². The normalized spacial score (nSPS) is 17.5. The van der Waals surface area contributed by atoms with Crippen molar-refractivity contribution in [1.29, 1.82) is 0 Å². The Kier molecular flexibility index (Phi) is 4.60. The van der Waals surface area contributed by atoms with Gasteiger partial charge in [-0.15, -0.1) is 16.4 Å². The van der Waals surface area contributed by atoms with Crippen LogP contribution in [-0.4, -0.2) is 31.3 Å². The van der Waals surface area contributed by atoms with E-state index in [2.05, 4.69) is 55.2 Å². The zero-order valence-electron chi connectivity index (χ0n) is 18.4. The zero-order valence-corrected chi connectivity index (χ0v) is 19.2. The first kappa shape index (κ1) is 20.1. The van der Waals surface area contributed by atoms with Gasteiger partial charge in [-0.1, -0.05) is 35.0 Å². The van der Waals surface area contributed by atoms with E-state index in [1.165, 1.54) is 16.0 Å². The monoisotopic (exact) mass is 434 g/mol. The molecule has 160 valence electrons. The van der Waals surface area contributed by atoms with Crippen molar-refractivity contribution >= 4 is 33.4 Å². The highest BCUT2D eigenvalue weighted by Crippen LogP contribution is 2.44. The van der Waals surface area contributed by atoms with Crippen molar-refractivity contribution in [3.05, 3.63) is 58.0 Å². The van der Waals surface area contributed by atoms with Gasteiger partial charge in [-0.2, -0.15) is 0 Å². The molecule has 0 amide bonds. The molecular formula is C23H26N6OS. The summed E-state index contributed by atoms with van der Waals surface area (Å²) in [6, 6.07) is 8.10. The summed E-state index contributed by atoms with van der Waals surface area (Å²) in [5.41, 5.74) is 4.24. The summed E-state index contributed by atoms with van der Waals surface area (Å²) in [5.74, 6) is 0.586. The fourth-order valence-corrected chi connectivity index (χ4v) is 5.68. The molecule has 1 aliphatic rings. The molecule has 1 aromatic carbocycles. The molecule has 5 rings (SSSR count). The third kappa shape index (κ3) is 3.70. The molecule has 0 aliphatic carbocycles. The number of thiophene rings is 1. The lowest BCUT2D eigenvalue weighted by Crippen LogP contribution is -2.54. The van der Waals surface area contributed by atoms with Crippen LogP contribution in [0.25, 0.3) is 15.9 Å². The first-order valence-electron chi connectivity index (χ1n) is 10.4. The number of nitrogens with one attached hydrogen (secondary N) is 1. The fourth-order valence-electron chi connectivity index (χ4n) is 4.47. The predicted molar refractivity (Wildman–Crippen MR) is 124 cm³/mol. The van der Waals surface area contributed by atoms with Gasteiger partial charge >= 0.3 is 0 Å². The number of fused-ring (bicyclic) bond motifs is 5. The maximum absolute atomic E-state index is 5.46. The van der Waals surface area contributed by atoms with Gasteiger partial charge in [-0.05, 0) is 52.2 Å². The van der Waals surface area contributed by atoms with Crippen LogP contribution in [0.1, 0.15) is 55.1 Å². The SMILES string of the molecule is Cc1ccc(/C=N/OCc2nc3c4c5c(sc4ncn3n2)C(C)(C)NC(C)(C)C5)cc1. The van der Waals surface area contributed by atoms with Crippen LogP contribution in [0.4, 0.5) is 0 Å². The minimum absolute atomic E-state index is 0.00596. The summed E-state index contributed by atoms with van der Waals surface area (Å²) >= 11 is 1.74. The van der Waals surface area contributed by atoms with Crippen LogP contribution in [0.3, 0.4) is 0 Å². The van der Waals surface area contributed by atoms with E-state index < -0.39 is 0 Å². The Balaban J connectivity index is 1.45. The van der Waals surface area contributed by atoms with E-state index in [0.29, 0.717) is 5.82 Å². The minimum atomic E-state index is -0.115. The molecule has 4 heterocycles. The van der Waals surface area contributed by atoms with Crippen LogP contribution in [0, 0.1) is 6.92 Å². The smallest absolute Gasteiger partial charge is 0.192 e. The summed E-state index contributed by atoms with van der Waals surface area (Å²) in [6.45, 7) is 11.2. The van der Waals surface area contributed by atoms with Gasteiger partial charge in [0.25, 0.3) is 0 Å². The van der Waals surface area contributed by atoms with Gasteiger partial charge < -0.3 is 10.2 Å². The zero-order chi connectivity index (χ0) is 21.8. The molecule has 0 fully saturated rings. The standard InChI is InChI=1S/C23H26N6OS/c1-14-6-8-15(9-7-14)11-25-30-12-17-26-20-18-16-10-22(2,3)28-23(4,5)19(16)31-21(18)24-13-29(20)27-17/h6-9,11,13,28H,10,12H2,1-5H3/b25-11+. The van der Waals surface area contributed by atoms with E-state index in [1.807, 2.05) is 24.3 Å². The fraction of sp³-hybridized carbons (Fsp3) is 0.391. The summed E-state index contributed by atoms with van der Waals surface area (Å²) in [4.78, 5) is 17.2. The topological polar surface area (TPSA) is 76.7 Å². The van der Waals surface area contributed by atoms with Gasteiger partial charge in [0.15, 0.2) is 18.1 Å². The lowest BCUT2D eigenvalue weighted by molar-refractivity contribution is 0.126. The van der Waals surface area contributed by atoms with Gasteiger partial charge in [0.1, 0.15) is 11.2 Å². The van der Waals surface area contributed by atoms with Crippen molar-refractivity contribution in [3.63, 3.8) is 0 Å². The molecule has 4 aromatic rings. The molecule has 0 bridgehead atoms. The summed E-state index contributed by atoms with van der Waals surface area (Å²) in [6.07, 6.45) is 4.35. The number of hydrogen-bond acceptors (Lipinski definition) is 7. The first-order chi connectivity index (χ1) is 14.7. The van der Waals surface area contributed by atoms with Gasteiger partial charge in [0.05, 0.1) is 11.6 Å². The lowest BCUT2D eigenvalue weighted by Gasteiger charge is -2.42. The second-order valence-corrected chi connectivity index (χ2v) is 10.4. The van der Waals surface area contributed by atoms with Crippen molar-refractivity contribution in [2.75, 3.05) is 0 Å². The molecule has 3 aromatic heterocycles. The van der Waals surface area contributed by atoms with E-state index in [-0.39, 0.29) is 17.7 Å². The number of aromatic nitrogens is 4. The average molecular weight is 435 g/mol. The first-order valence-corrected chi connectivity index (χ1v) is 11.2. The quantitative estimate of drug-likeness (QED) is 0.382. The van der Waals surface area contributed by atoms with E-state index in [9.17, 15) is 0 Å². The Morgan fingerprint density at radius 1 is 1.23 bits per heavy atom. The van der Waals surface area contributed by atoms with Crippen molar-refractivity contribution < 1.29 is 4.84 Å². The number of hydrogen-bond donors (Lipinski definition) is 1. The molecule has 7 nitrogen and oxygen atoms in total. The highest BCUT2D eigenvalue weighted by molar-refractivity contribution is 7.19. The number of aryl methyl sites for hydroxylation is 1. The van der Waals surface area contributed by atoms with Crippen LogP contribution >= 0.6 is 11.3 Å². The number of nitrogens with zero attached hydrogens (tertiary/aromatic N) is 5. The van der Waals surface area contributed by atoms with Crippen molar-refractivity contribution in [2.45, 2.75) is 58.7 Å². The summed E-state index contributed by atoms with van der Waals surface area (Å²) < 4.78 is 1.75. The molecule has 0 saturated heterocycles. The average Bonchev–Trinajstić information content (AvgIpc) is 3.26. The number of benzene rings is 1. The largest absolute Gasteiger partial charge is 0.387 e. The van der Waals surface area contributed by atoms with Crippen LogP contribution < -0.4 is 5.32 Å². The second kappa shape index (κ2) is 7.10. The molecule has 8 heteroatoms. The van der Waals surface area contributed by atoms with Gasteiger partial charge in [-0.25, -0.2) is 14.5 Å². The minimum Gasteiger partial charge on any atom is -0.387 e. The van der Waals surface area contributed by atoms with E-state index in [4.69, 9.17) is 9.82 Å². The molecule has 0 radical (unpaired) electrons.